The van der Waals surface area contributed by atoms with Gasteiger partial charge in [-0.05, 0) is 56.7 Å². The molecule has 0 spiro atoms. The number of aryl methyl sites for hydroxylation is 2. The summed E-state index contributed by atoms with van der Waals surface area (Å²) in [6.45, 7) is 8.29. The molecular weight excluding hydrogens is 423 g/mol. The van der Waals surface area contributed by atoms with Gasteiger partial charge in [-0.2, -0.15) is 0 Å². The van der Waals surface area contributed by atoms with Gasteiger partial charge in [-0.25, -0.2) is 9.78 Å². The number of nitrogens with one attached hydrogen (secondary N) is 1. The van der Waals surface area contributed by atoms with Crippen molar-refractivity contribution in [3.05, 3.63) is 51.8 Å². The van der Waals surface area contributed by atoms with Crippen LogP contribution in [-0.4, -0.2) is 35.3 Å². The number of hydrogen-bond acceptors (Lipinski definition) is 4. The van der Waals surface area contributed by atoms with Gasteiger partial charge in [0.25, 0.3) is 0 Å². The van der Waals surface area contributed by atoms with Crippen molar-refractivity contribution in [3.8, 4) is 0 Å². The van der Waals surface area contributed by atoms with Gasteiger partial charge in [-0.1, -0.05) is 23.2 Å². The van der Waals surface area contributed by atoms with Crippen molar-refractivity contribution in [1.29, 1.82) is 0 Å². The van der Waals surface area contributed by atoms with Gasteiger partial charge in [0.15, 0.2) is 0 Å². The van der Waals surface area contributed by atoms with Crippen LogP contribution in [-0.2, 0) is 18.2 Å². The Kier molecular flexibility index (Phi) is 7.10. The van der Waals surface area contributed by atoms with E-state index in [9.17, 15) is 4.79 Å². The third-order valence-electron chi connectivity index (χ3n) is 5.15. The second-order valence-electron chi connectivity index (χ2n) is 7.02. The molecule has 8 heteroatoms. The summed E-state index contributed by atoms with van der Waals surface area (Å²) in [6, 6.07) is 9.50. The lowest BCUT2D eigenvalue weighted by Crippen LogP contribution is -2.22. The van der Waals surface area contributed by atoms with Crippen molar-refractivity contribution >= 4 is 51.7 Å². The standard InChI is InChI=1S/C22H26Cl2N4O2/c1-5-28(6-2)15-7-8-18(14(3)11-15)26-22(29)30-10-9-21-25-19-12-16(23)17(24)13-20(19)27(21)4/h7-8,11-13H,5-6,9-10H2,1-4H3,(H,26,29). The monoisotopic (exact) mass is 448 g/mol. The summed E-state index contributed by atoms with van der Waals surface area (Å²) in [5.74, 6) is 0.788. The van der Waals surface area contributed by atoms with Crippen molar-refractivity contribution in [2.24, 2.45) is 7.05 Å². The van der Waals surface area contributed by atoms with Gasteiger partial charge in [0, 0.05) is 37.9 Å². The summed E-state index contributed by atoms with van der Waals surface area (Å²) in [4.78, 5) is 19.0. The fourth-order valence-electron chi connectivity index (χ4n) is 3.42. The van der Waals surface area contributed by atoms with E-state index in [-0.39, 0.29) is 6.61 Å². The van der Waals surface area contributed by atoms with Crippen LogP contribution >= 0.6 is 23.2 Å². The van der Waals surface area contributed by atoms with Gasteiger partial charge in [0.05, 0.1) is 21.1 Å². The minimum atomic E-state index is -0.487. The number of carbonyl (C=O) groups is 1. The number of amides is 1. The predicted octanol–water partition coefficient (Wildman–Crippen LogP) is 5.83. The lowest BCUT2D eigenvalue weighted by Gasteiger charge is -2.22. The number of aromatic nitrogens is 2. The quantitative estimate of drug-likeness (QED) is 0.493. The molecule has 6 nitrogen and oxygen atoms in total. The predicted molar refractivity (Wildman–Crippen MR) is 124 cm³/mol. The molecule has 3 aromatic rings. The van der Waals surface area contributed by atoms with E-state index in [1.807, 2.05) is 30.7 Å². The number of halogens is 2. The zero-order valence-electron chi connectivity index (χ0n) is 17.6. The van der Waals surface area contributed by atoms with E-state index in [1.54, 1.807) is 12.1 Å². The molecule has 30 heavy (non-hydrogen) atoms. The van der Waals surface area contributed by atoms with Gasteiger partial charge in [0.1, 0.15) is 12.4 Å². The van der Waals surface area contributed by atoms with Crippen LogP contribution in [0.25, 0.3) is 11.0 Å². The zero-order valence-corrected chi connectivity index (χ0v) is 19.1. The van der Waals surface area contributed by atoms with E-state index in [0.29, 0.717) is 16.5 Å². The Balaban J connectivity index is 1.59. The molecule has 0 unspecified atom stereocenters. The molecule has 0 aliphatic heterocycles. The highest BCUT2D eigenvalue weighted by Crippen LogP contribution is 2.28. The molecule has 1 N–H and O–H groups in total. The summed E-state index contributed by atoms with van der Waals surface area (Å²) in [6.07, 6.45) is -0.00758. The van der Waals surface area contributed by atoms with Crippen molar-refractivity contribution in [2.75, 3.05) is 29.9 Å². The summed E-state index contributed by atoms with van der Waals surface area (Å²) < 4.78 is 7.28. The van der Waals surface area contributed by atoms with Crippen LogP contribution in [0, 0.1) is 6.92 Å². The number of imidazole rings is 1. The second kappa shape index (κ2) is 9.58. The van der Waals surface area contributed by atoms with Gasteiger partial charge in [-0.15, -0.1) is 0 Å². The molecule has 0 atom stereocenters. The summed E-state index contributed by atoms with van der Waals surface area (Å²) in [5.41, 5.74) is 4.50. The lowest BCUT2D eigenvalue weighted by molar-refractivity contribution is 0.162. The van der Waals surface area contributed by atoms with E-state index in [4.69, 9.17) is 27.9 Å². The molecule has 0 aliphatic rings. The average molecular weight is 449 g/mol. The maximum atomic E-state index is 12.2. The number of anilines is 2. The van der Waals surface area contributed by atoms with E-state index in [1.165, 1.54) is 0 Å². The Morgan fingerprint density at radius 2 is 1.87 bits per heavy atom. The average Bonchev–Trinajstić information content (AvgIpc) is 3.00. The first kappa shape index (κ1) is 22.2. The van der Waals surface area contributed by atoms with E-state index in [2.05, 4.69) is 35.1 Å². The Labute approximate surface area is 186 Å². The van der Waals surface area contributed by atoms with Gasteiger partial charge in [0.2, 0.25) is 0 Å². The van der Waals surface area contributed by atoms with E-state index >= 15 is 0 Å². The molecule has 0 bridgehead atoms. The molecule has 0 fully saturated rings. The molecule has 1 amide bonds. The number of nitrogens with zero attached hydrogens (tertiary/aromatic N) is 3. The second-order valence-corrected chi connectivity index (χ2v) is 7.84. The van der Waals surface area contributed by atoms with Crippen LogP contribution in [0.5, 0.6) is 0 Å². The third-order valence-corrected chi connectivity index (χ3v) is 5.87. The highest BCUT2D eigenvalue weighted by Gasteiger charge is 2.12. The molecule has 0 radical (unpaired) electrons. The lowest BCUT2D eigenvalue weighted by atomic mass is 10.1. The van der Waals surface area contributed by atoms with Gasteiger partial charge in [-0.3, -0.25) is 5.32 Å². The molecule has 0 saturated heterocycles. The van der Waals surface area contributed by atoms with Crippen molar-refractivity contribution in [3.63, 3.8) is 0 Å². The summed E-state index contributed by atoms with van der Waals surface area (Å²) in [7, 11) is 1.90. The minimum Gasteiger partial charge on any atom is -0.449 e. The number of benzene rings is 2. The van der Waals surface area contributed by atoms with Crippen LogP contribution < -0.4 is 10.2 Å². The molecule has 1 heterocycles. The van der Waals surface area contributed by atoms with Crippen LogP contribution in [0.2, 0.25) is 10.0 Å². The van der Waals surface area contributed by atoms with Crippen LogP contribution in [0.4, 0.5) is 16.2 Å². The molecule has 2 aromatic carbocycles. The highest BCUT2D eigenvalue weighted by atomic mass is 35.5. The maximum Gasteiger partial charge on any atom is 0.411 e. The molecule has 160 valence electrons. The summed E-state index contributed by atoms with van der Waals surface area (Å²) in [5, 5.41) is 3.76. The number of ether oxygens (including phenoxy) is 1. The molecule has 1 aromatic heterocycles. The molecule has 0 saturated carbocycles. The van der Waals surface area contributed by atoms with Crippen molar-refractivity contribution in [2.45, 2.75) is 27.2 Å². The van der Waals surface area contributed by atoms with Crippen molar-refractivity contribution < 1.29 is 9.53 Å². The van der Waals surface area contributed by atoms with Crippen LogP contribution in [0.15, 0.2) is 30.3 Å². The first-order chi connectivity index (χ1) is 14.3. The Bertz CT molecular complexity index is 1060. The van der Waals surface area contributed by atoms with E-state index in [0.717, 1.165) is 46.9 Å². The molecule has 3 rings (SSSR count). The number of fused-ring (bicyclic) bond motifs is 1. The first-order valence-corrected chi connectivity index (χ1v) is 10.7. The topological polar surface area (TPSA) is 59.4 Å². The van der Waals surface area contributed by atoms with Crippen LogP contribution in [0.3, 0.4) is 0 Å². The van der Waals surface area contributed by atoms with Gasteiger partial charge < -0.3 is 14.2 Å². The summed E-state index contributed by atoms with van der Waals surface area (Å²) >= 11 is 12.2. The Morgan fingerprint density at radius 1 is 1.17 bits per heavy atom. The number of carbonyl (C=O) groups excluding carboxylic acids is 1. The smallest absolute Gasteiger partial charge is 0.411 e. The first-order valence-electron chi connectivity index (χ1n) is 9.93. The number of rotatable bonds is 7. The third kappa shape index (κ3) is 4.82. The fraction of sp³-hybridized carbons (Fsp3) is 0.364. The van der Waals surface area contributed by atoms with Crippen molar-refractivity contribution in [1.82, 2.24) is 9.55 Å². The zero-order chi connectivity index (χ0) is 21.8. The Hall–Kier alpha value is -2.44. The van der Waals surface area contributed by atoms with Gasteiger partial charge >= 0.3 is 6.09 Å². The normalized spacial score (nSPS) is 11.0. The SMILES string of the molecule is CCN(CC)c1ccc(NC(=O)OCCc2nc3cc(Cl)c(Cl)cc3n2C)c(C)c1. The molecule has 0 aliphatic carbocycles. The molecular formula is C22H26Cl2N4O2. The minimum absolute atomic E-state index is 0.209. The fourth-order valence-corrected chi connectivity index (χ4v) is 3.73. The Morgan fingerprint density at radius 3 is 2.53 bits per heavy atom. The largest absolute Gasteiger partial charge is 0.449 e. The maximum absolute atomic E-state index is 12.2. The van der Waals surface area contributed by atoms with Crippen LogP contribution in [0.1, 0.15) is 25.2 Å². The highest BCUT2D eigenvalue weighted by molar-refractivity contribution is 6.42. The number of hydrogen-bond donors (Lipinski definition) is 1. The van der Waals surface area contributed by atoms with E-state index < -0.39 is 6.09 Å².